The van der Waals surface area contributed by atoms with Gasteiger partial charge in [0.25, 0.3) is 0 Å². The van der Waals surface area contributed by atoms with E-state index in [0.717, 1.165) is 11.5 Å². The second-order valence-corrected chi connectivity index (χ2v) is 6.81. The average molecular weight is 290 g/mol. The predicted octanol–water partition coefficient (Wildman–Crippen LogP) is 2.74. The van der Waals surface area contributed by atoms with Crippen LogP contribution >= 0.6 is 0 Å². The minimum absolute atomic E-state index is 0.404. The Kier molecular flexibility index (Phi) is 6.22. The Hall–Kier alpha value is -0.900. The van der Waals surface area contributed by atoms with Crippen molar-refractivity contribution in [3.8, 4) is 0 Å². The van der Waals surface area contributed by atoms with E-state index >= 15 is 0 Å². The molecule has 2 rings (SSSR count). The SMILES string of the molecule is Cc1cccc(C(O)CNC2CCN(CC(C)C)CC2)c1. The molecule has 1 aromatic rings. The van der Waals surface area contributed by atoms with E-state index in [4.69, 9.17) is 0 Å². The van der Waals surface area contributed by atoms with Gasteiger partial charge in [0.15, 0.2) is 0 Å². The standard InChI is InChI=1S/C18H30N2O/c1-14(2)13-20-9-7-17(8-10-20)19-12-18(21)16-6-4-5-15(3)11-16/h4-6,11,14,17-19,21H,7-10,12-13H2,1-3H3. The lowest BCUT2D eigenvalue weighted by atomic mass is 10.0. The molecule has 1 atom stereocenters. The molecule has 1 aliphatic rings. The molecule has 1 aliphatic heterocycles. The zero-order chi connectivity index (χ0) is 15.2. The second-order valence-electron chi connectivity index (χ2n) is 6.81. The van der Waals surface area contributed by atoms with Crippen molar-refractivity contribution in [3.05, 3.63) is 35.4 Å². The Bertz CT molecular complexity index is 425. The number of rotatable bonds is 6. The number of piperidine rings is 1. The van der Waals surface area contributed by atoms with Crippen LogP contribution in [0.2, 0.25) is 0 Å². The van der Waals surface area contributed by atoms with E-state index in [1.165, 1.54) is 38.0 Å². The van der Waals surface area contributed by atoms with E-state index in [1.807, 2.05) is 12.1 Å². The maximum atomic E-state index is 10.3. The molecular weight excluding hydrogens is 260 g/mol. The summed E-state index contributed by atoms with van der Waals surface area (Å²) in [6, 6.07) is 8.70. The van der Waals surface area contributed by atoms with Crippen molar-refractivity contribution in [1.82, 2.24) is 10.2 Å². The van der Waals surface area contributed by atoms with Gasteiger partial charge in [0.2, 0.25) is 0 Å². The number of nitrogens with one attached hydrogen (secondary N) is 1. The highest BCUT2D eigenvalue weighted by Crippen LogP contribution is 2.16. The molecule has 1 fully saturated rings. The van der Waals surface area contributed by atoms with Crippen molar-refractivity contribution in [2.75, 3.05) is 26.2 Å². The molecule has 21 heavy (non-hydrogen) atoms. The minimum atomic E-state index is -0.404. The maximum absolute atomic E-state index is 10.3. The first-order valence-corrected chi connectivity index (χ1v) is 8.25. The summed E-state index contributed by atoms with van der Waals surface area (Å²) in [4.78, 5) is 2.56. The number of nitrogens with zero attached hydrogens (tertiary/aromatic N) is 1. The first kappa shape index (κ1) is 16.5. The number of hydrogen-bond donors (Lipinski definition) is 2. The number of likely N-dealkylation sites (tertiary alicyclic amines) is 1. The Labute approximate surface area is 129 Å². The summed E-state index contributed by atoms with van der Waals surface area (Å²) >= 11 is 0. The molecule has 1 saturated heterocycles. The molecule has 0 aromatic heterocycles. The molecule has 0 aliphatic carbocycles. The summed E-state index contributed by atoms with van der Waals surface area (Å²) in [6.07, 6.45) is 1.97. The van der Waals surface area contributed by atoms with Crippen molar-refractivity contribution in [1.29, 1.82) is 0 Å². The van der Waals surface area contributed by atoms with E-state index in [1.54, 1.807) is 0 Å². The molecule has 3 heteroatoms. The topological polar surface area (TPSA) is 35.5 Å². The third kappa shape index (κ3) is 5.42. The summed E-state index contributed by atoms with van der Waals surface area (Å²) < 4.78 is 0. The summed E-state index contributed by atoms with van der Waals surface area (Å²) in [5, 5.41) is 13.8. The predicted molar refractivity (Wildman–Crippen MR) is 88.4 cm³/mol. The molecule has 0 bridgehead atoms. The quantitative estimate of drug-likeness (QED) is 0.845. The van der Waals surface area contributed by atoms with Gasteiger partial charge in [0.1, 0.15) is 0 Å². The lowest BCUT2D eigenvalue weighted by molar-refractivity contribution is 0.146. The van der Waals surface area contributed by atoms with Gasteiger partial charge in [0.05, 0.1) is 6.10 Å². The molecule has 0 saturated carbocycles. The minimum Gasteiger partial charge on any atom is -0.387 e. The molecule has 1 aromatic carbocycles. The molecule has 1 unspecified atom stereocenters. The van der Waals surface area contributed by atoms with Gasteiger partial charge in [-0.3, -0.25) is 0 Å². The second kappa shape index (κ2) is 7.92. The lowest BCUT2D eigenvalue weighted by Crippen LogP contribution is -2.44. The number of aliphatic hydroxyl groups excluding tert-OH is 1. The normalized spacial score (nSPS) is 19.1. The van der Waals surface area contributed by atoms with E-state index in [0.29, 0.717) is 12.6 Å². The van der Waals surface area contributed by atoms with Crippen LogP contribution in [-0.2, 0) is 0 Å². The van der Waals surface area contributed by atoms with Gasteiger partial charge >= 0.3 is 0 Å². The maximum Gasteiger partial charge on any atom is 0.0914 e. The molecule has 2 N–H and O–H groups in total. The van der Waals surface area contributed by atoms with Crippen molar-refractivity contribution in [3.63, 3.8) is 0 Å². The van der Waals surface area contributed by atoms with Gasteiger partial charge in [-0.25, -0.2) is 0 Å². The van der Waals surface area contributed by atoms with Crippen LogP contribution in [-0.4, -0.2) is 42.2 Å². The van der Waals surface area contributed by atoms with E-state index in [2.05, 4.69) is 43.1 Å². The fourth-order valence-corrected chi connectivity index (χ4v) is 3.11. The summed E-state index contributed by atoms with van der Waals surface area (Å²) in [5.41, 5.74) is 2.22. The van der Waals surface area contributed by atoms with Gasteiger partial charge in [-0.05, 0) is 44.3 Å². The molecule has 1 heterocycles. The largest absolute Gasteiger partial charge is 0.387 e. The summed E-state index contributed by atoms with van der Waals surface area (Å²) in [7, 11) is 0. The summed E-state index contributed by atoms with van der Waals surface area (Å²) in [5.74, 6) is 0.748. The fraction of sp³-hybridized carbons (Fsp3) is 0.667. The number of aryl methyl sites for hydroxylation is 1. The first-order valence-electron chi connectivity index (χ1n) is 8.25. The molecule has 0 amide bonds. The average Bonchev–Trinajstić information content (AvgIpc) is 2.45. The van der Waals surface area contributed by atoms with E-state index < -0.39 is 6.10 Å². The van der Waals surface area contributed by atoms with Crippen molar-refractivity contribution in [2.24, 2.45) is 5.92 Å². The van der Waals surface area contributed by atoms with Gasteiger partial charge < -0.3 is 15.3 Å². The highest BCUT2D eigenvalue weighted by molar-refractivity contribution is 5.24. The van der Waals surface area contributed by atoms with Gasteiger partial charge in [-0.2, -0.15) is 0 Å². The van der Waals surface area contributed by atoms with Gasteiger partial charge in [0, 0.05) is 19.1 Å². The first-order chi connectivity index (χ1) is 10.0. The van der Waals surface area contributed by atoms with E-state index in [-0.39, 0.29) is 0 Å². The lowest BCUT2D eigenvalue weighted by Gasteiger charge is -2.33. The smallest absolute Gasteiger partial charge is 0.0914 e. The van der Waals surface area contributed by atoms with Crippen LogP contribution in [0.4, 0.5) is 0 Å². The molecular formula is C18H30N2O. The Morgan fingerprint density at radius 3 is 2.62 bits per heavy atom. The van der Waals surface area contributed by atoms with Crippen LogP contribution in [0.5, 0.6) is 0 Å². The third-order valence-electron chi connectivity index (χ3n) is 4.24. The zero-order valence-corrected chi connectivity index (χ0v) is 13.7. The van der Waals surface area contributed by atoms with Gasteiger partial charge in [-0.1, -0.05) is 43.7 Å². The Morgan fingerprint density at radius 1 is 1.29 bits per heavy atom. The number of hydrogen-bond acceptors (Lipinski definition) is 3. The van der Waals surface area contributed by atoms with Crippen LogP contribution in [0.1, 0.15) is 43.9 Å². The highest BCUT2D eigenvalue weighted by Gasteiger charge is 2.20. The third-order valence-corrected chi connectivity index (χ3v) is 4.24. The van der Waals surface area contributed by atoms with Crippen LogP contribution in [0, 0.1) is 12.8 Å². The van der Waals surface area contributed by atoms with Crippen LogP contribution in [0.15, 0.2) is 24.3 Å². The van der Waals surface area contributed by atoms with Gasteiger partial charge in [-0.15, -0.1) is 0 Å². The van der Waals surface area contributed by atoms with Crippen molar-refractivity contribution in [2.45, 2.75) is 45.8 Å². The van der Waals surface area contributed by atoms with Crippen LogP contribution in [0.25, 0.3) is 0 Å². The number of aliphatic hydroxyl groups is 1. The molecule has 0 spiro atoms. The molecule has 118 valence electrons. The van der Waals surface area contributed by atoms with Crippen LogP contribution in [0.3, 0.4) is 0 Å². The van der Waals surface area contributed by atoms with Crippen molar-refractivity contribution < 1.29 is 5.11 Å². The molecule has 0 radical (unpaired) electrons. The Balaban J connectivity index is 1.72. The van der Waals surface area contributed by atoms with Crippen molar-refractivity contribution >= 4 is 0 Å². The number of benzene rings is 1. The zero-order valence-electron chi connectivity index (χ0n) is 13.7. The summed E-state index contributed by atoms with van der Waals surface area (Å²) in [6.45, 7) is 10.8. The molecule has 3 nitrogen and oxygen atoms in total. The Morgan fingerprint density at radius 2 is 2.00 bits per heavy atom. The fourth-order valence-electron chi connectivity index (χ4n) is 3.11. The van der Waals surface area contributed by atoms with Crippen LogP contribution < -0.4 is 5.32 Å². The highest BCUT2D eigenvalue weighted by atomic mass is 16.3. The van der Waals surface area contributed by atoms with E-state index in [9.17, 15) is 5.11 Å². The monoisotopic (exact) mass is 290 g/mol.